The summed E-state index contributed by atoms with van der Waals surface area (Å²) in [6, 6.07) is 4.49. The number of rotatable bonds is 1. The molecule has 0 radical (unpaired) electrons. The van der Waals surface area contributed by atoms with Gasteiger partial charge in [0.05, 0.1) is 7.26 Å². The quantitative estimate of drug-likeness (QED) is 0.790. The Kier molecular flexibility index (Phi) is 1.87. The Labute approximate surface area is 104 Å². The van der Waals surface area contributed by atoms with Gasteiger partial charge in [-0.15, -0.1) is 0 Å². The predicted octanol–water partition coefficient (Wildman–Crippen LogP) is 2.59. The van der Waals surface area contributed by atoms with Crippen molar-refractivity contribution >= 4 is 11.5 Å². The molecule has 0 aromatic heterocycles. The zero-order valence-electron chi connectivity index (χ0n) is 12.0. The molecule has 0 spiro atoms. The number of nitrogens with two attached hydrogens (primary N) is 1. The molecule has 17 heavy (non-hydrogen) atoms. The zero-order chi connectivity index (χ0) is 13.8. The molecule has 1 aromatic carbocycles. The first-order valence-corrected chi connectivity index (χ1v) is 6.07. The summed E-state index contributed by atoms with van der Waals surface area (Å²) in [6.45, 7) is 1.92. The fourth-order valence-corrected chi connectivity index (χ4v) is 2.92. The molecule has 2 heteroatoms. The van der Waals surface area contributed by atoms with Crippen molar-refractivity contribution in [3.63, 3.8) is 0 Å². The van der Waals surface area contributed by atoms with Gasteiger partial charge in [-0.2, -0.15) is 0 Å². The maximum Gasteiger partial charge on any atom is 0.224 e. The average Bonchev–Trinajstić information content (AvgIpc) is 2.75. The summed E-state index contributed by atoms with van der Waals surface area (Å²) in [5, 5.41) is 0. The van der Waals surface area contributed by atoms with Crippen LogP contribution in [-0.4, -0.2) is 5.91 Å². The first-order valence-electron chi connectivity index (χ1n) is 7.07. The number of hydrogen-bond acceptors (Lipinski definition) is 1. The lowest BCUT2D eigenvalue weighted by atomic mass is 9.82. The number of carbonyl (C=O) groups is 1. The van der Waals surface area contributed by atoms with Crippen molar-refractivity contribution in [2.45, 2.75) is 32.6 Å². The number of aryl methyl sites for hydroxylation is 1. The van der Waals surface area contributed by atoms with Crippen molar-refractivity contribution in [1.82, 2.24) is 0 Å². The molecule has 2 N–H and O–H groups in total. The van der Waals surface area contributed by atoms with Crippen LogP contribution in [0.1, 0.15) is 38.7 Å². The van der Waals surface area contributed by atoms with E-state index in [-0.39, 0.29) is 0 Å². The Balaban J connectivity index is 2.21. The van der Waals surface area contributed by atoms with Crippen molar-refractivity contribution in [2.75, 3.05) is 0 Å². The second-order valence-corrected chi connectivity index (χ2v) is 4.87. The molecule has 1 unspecified atom stereocenters. The normalized spacial score (nSPS) is 28.3. The third-order valence-corrected chi connectivity index (χ3v) is 3.73. The highest BCUT2D eigenvalue weighted by Crippen LogP contribution is 2.44. The molecule has 0 heterocycles. The summed E-state index contributed by atoms with van der Waals surface area (Å²) < 4.78 is 16.6. The summed E-state index contributed by atoms with van der Waals surface area (Å²) in [5.41, 5.74) is 10.3. The van der Waals surface area contributed by atoms with Gasteiger partial charge in [0.25, 0.3) is 0 Å². The Morgan fingerprint density at radius 1 is 1.59 bits per heavy atom. The molecule has 1 atom stereocenters. The standard InChI is InChI=1S/C15H17NO/c1-9-5-6-10-8-14-11(13(10)7-9)3-2-4-12(14)15(16)17/h5-7,12H,2-4,8H2,1H3,(H2,16,17)/i7D,12D. The maximum atomic E-state index is 11.7. The van der Waals surface area contributed by atoms with Crippen LogP contribution in [0.2, 0.25) is 0 Å². The maximum absolute atomic E-state index is 11.7. The number of fused-ring (bicyclic) bond motifs is 2. The van der Waals surface area contributed by atoms with E-state index in [0.29, 0.717) is 18.9 Å². The fourth-order valence-electron chi connectivity index (χ4n) is 2.92. The molecule has 1 amide bonds. The number of hydrogen-bond donors (Lipinski definition) is 1. The predicted molar refractivity (Wildman–Crippen MR) is 68.3 cm³/mol. The highest BCUT2D eigenvalue weighted by atomic mass is 16.1. The fraction of sp³-hybridized carbons (Fsp3) is 0.400. The van der Waals surface area contributed by atoms with Gasteiger partial charge in [0.15, 0.2) is 0 Å². The molecule has 0 fully saturated rings. The zero-order valence-corrected chi connectivity index (χ0v) is 9.97. The van der Waals surface area contributed by atoms with Gasteiger partial charge in [0, 0.05) is 1.37 Å². The van der Waals surface area contributed by atoms with Crippen molar-refractivity contribution in [2.24, 2.45) is 11.6 Å². The molecular weight excluding hydrogens is 210 g/mol. The summed E-state index contributed by atoms with van der Waals surface area (Å²) in [6.07, 6.45) is 2.74. The Morgan fingerprint density at radius 3 is 3.18 bits per heavy atom. The van der Waals surface area contributed by atoms with E-state index in [4.69, 9.17) is 8.48 Å². The molecule has 0 saturated carbocycles. The summed E-state index contributed by atoms with van der Waals surface area (Å²) in [5.74, 6) is -1.83. The third-order valence-electron chi connectivity index (χ3n) is 3.73. The lowest BCUT2D eigenvalue weighted by Crippen LogP contribution is -2.27. The molecule has 2 nitrogen and oxygen atoms in total. The minimum atomic E-state index is -1.27. The van der Waals surface area contributed by atoms with Crippen LogP contribution in [0.3, 0.4) is 0 Å². The van der Waals surface area contributed by atoms with E-state index >= 15 is 0 Å². The van der Waals surface area contributed by atoms with Crippen molar-refractivity contribution < 1.29 is 7.54 Å². The largest absolute Gasteiger partial charge is 0.369 e. The van der Waals surface area contributed by atoms with Crippen LogP contribution in [0.4, 0.5) is 0 Å². The number of primary amides is 1. The van der Waals surface area contributed by atoms with Gasteiger partial charge in [-0.05, 0) is 54.9 Å². The molecule has 3 rings (SSSR count). The van der Waals surface area contributed by atoms with Gasteiger partial charge in [-0.3, -0.25) is 4.79 Å². The van der Waals surface area contributed by atoms with Crippen LogP contribution in [0.5, 0.6) is 0 Å². The lowest BCUT2D eigenvalue weighted by molar-refractivity contribution is -0.121. The molecule has 2 aliphatic rings. The average molecular weight is 229 g/mol. The monoisotopic (exact) mass is 229 g/mol. The van der Waals surface area contributed by atoms with E-state index < -0.39 is 11.8 Å². The Bertz CT molecular complexity index is 621. The van der Waals surface area contributed by atoms with E-state index in [9.17, 15) is 4.79 Å². The molecule has 0 saturated heterocycles. The van der Waals surface area contributed by atoms with Gasteiger partial charge in [-0.1, -0.05) is 23.7 Å². The van der Waals surface area contributed by atoms with Gasteiger partial charge in [0.1, 0.15) is 0 Å². The summed E-state index contributed by atoms with van der Waals surface area (Å²) in [4.78, 5) is 11.7. The van der Waals surface area contributed by atoms with Crippen LogP contribution in [0.15, 0.2) is 23.7 Å². The second kappa shape index (κ2) is 3.73. The number of carbonyl (C=O) groups excluding carboxylic acids is 1. The molecule has 2 aliphatic carbocycles. The van der Waals surface area contributed by atoms with Crippen LogP contribution in [0.25, 0.3) is 5.57 Å². The molecule has 0 aliphatic heterocycles. The summed E-state index contributed by atoms with van der Waals surface area (Å²) in [7, 11) is 0. The first-order chi connectivity index (χ1) is 8.95. The third kappa shape index (κ3) is 1.59. The van der Waals surface area contributed by atoms with Crippen LogP contribution in [-0.2, 0) is 11.2 Å². The minimum absolute atomic E-state index is 0.501. The minimum Gasteiger partial charge on any atom is -0.369 e. The molecule has 0 bridgehead atoms. The van der Waals surface area contributed by atoms with Crippen LogP contribution < -0.4 is 5.73 Å². The molecule has 1 aromatic rings. The van der Waals surface area contributed by atoms with Crippen LogP contribution >= 0.6 is 0 Å². The van der Waals surface area contributed by atoms with Crippen molar-refractivity contribution in [1.29, 1.82) is 0 Å². The highest BCUT2D eigenvalue weighted by molar-refractivity contribution is 5.87. The van der Waals surface area contributed by atoms with E-state index in [2.05, 4.69) is 0 Å². The Hall–Kier alpha value is -1.57. The first kappa shape index (κ1) is 8.51. The Morgan fingerprint density at radius 2 is 2.41 bits per heavy atom. The van der Waals surface area contributed by atoms with Crippen LogP contribution in [0, 0.1) is 12.8 Å². The van der Waals surface area contributed by atoms with E-state index in [1.54, 1.807) is 0 Å². The summed E-state index contributed by atoms with van der Waals surface area (Å²) >= 11 is 0. The van der Waals surface area contributed by atoms with Crippen molar-refractivity contribution in [3.05, 3.63) is 40.4 Å². The molecular formula is C15H17NO. The lowest BCUT2D eigenvalue weighted by Gasteiger charge is -2.22. The van der Waals surface area contributed by atoms with Gasteiger partial charge in [0.2, 0.25) is 5.91 Å². The number of amides is 1. The van der Waals surface area contributed by atoms with Gasteiger partial charge < -0.3 is 5.73 Å². The van der Waals surface area contributed by atoms with Gasteiger partial charge >= 0.3 is 0 Å². The second-order valence-electron chi connectivity index (χ2n) is 4.87. The highest BCUT2D eigenvalue weighted by Gasteiger charge is 2.32. The van der Waals surface area contributed by atoms with E-state index in [0.717, 1.165) is 40.7 Å². The molecule has 88 valence electrons. The smallest absolute Gasteiger partial charge is 0.224 e. The topological polar surface area (TPSA) is 43.1 Å². The van der Waals surface area contributed by atoms with E-state index in [1.807, 2.05) is 19.1 Å². The van der Waals surface area contributed by atoms with E-state index in [1.165, 1.54) is 0 Å². The SMILES string of the molecule is [2H]c1c(C)ccc2c1C1=C(C2)C([2H])(C(N)=O)CCC1. The van der Waals surface area contributed by atoms with Gasteiger partial charge in [-0.25, -0.2) is 0 Å². The number of benzene rings is 1. The number of allylic oxidation sites excluding steroid dienone is 1. The van der Waals surface area contributed by atoms with Crippen molar-refractivity contribution in [3.8, 4) is 0 Å².